The molecule has 1 aliphatic heterocycles. The van der Waals surface area contributed by atoms with Gasteiger partial charge in [0.1, 0.15) is 5.25 Å². The standard InChI is InChI=1S/C12H12N4O2S/c1-8-4-2-3-5-9(8)16-12(13-14-15-16)19-10-6-7-18-11(10)17/h2-5,10H,6-7H2,1H3/t10-/m1/s1. The van der Waals surface area contributed by atoms with Gasteiger partial charge in [0.05, 0.1) is 12.3 Å². The smallest absolute Gasteiger partial charge is 0.319 e. The molecule has 0 bridgehead atoms. The van der Waals surface area contributed by atoms with E-state index in [2.05, 4.69) is 15.5 Å². The zero-order valence-corrected chi connectivity index (χ0v) is 11.1. The number of carbonyl (C=O) groups is 1. The molecule has 0 radical (unpaired) electrons. The summed E-state index contributed by atoms with van der Waals surface area (Å²) in [7, 11) is 0. The van der Waals surface area contributed by atoms with Crippen molar-refractivity contribution in [1.29, 1.82) is 0 Å². The Morgan fingerprint density at radius 1 is 1.42 bits per heavy atom. The maximum Gasteiger partial charge on any atom is 0.319 e. The number of para-hydroxylation sites is 1. The first-order chi connectivity index (χ1) is 9.25. The maximum absolute atomic E-state index is 11.5. The molecule has 6 nitrogen and oxygen atoms in total. The number of benzene rings is 1. The molecule has 1 atom stereocenters. The molecule has 0 unspecified atom stereocenters. The van der Waals surface area contributed by atoms with Crippen LogP contribution < -0.4 is 0 Å². The van der Waals surface area contributed by atoms with Gasteiger partial charge in [0.15, 0.2) is 0 Å². The first-order valence-electron chi connectivity index (χ1n) is 5.93. The van der Waals surface area contributed by atoms with Gasteiger partial charge in [-0.3, -0.25) is 4.79 Å². The zero-order chi connectivity index (χ0) is 13.2. The summed E-state index contributed by atoms with van der Waals surface area (Å²) in [6.45, 7) is 2.47. The van der Waals surface area contributed by atoms with E-state index in [-0.39, 0.29) is 11.2 Å². The lowest BCUT2D eigenvalue weighted by Gasteiger charge is -2.08. The van der Waals surface area contributed by atoms with Crippen molar-refractivity contribution in [2.24, 2.45) is 0 Å². The Kier molecular flexibility index (Phi) is 3.20. The van der Waals surface area contributed by atoms with Crippen molar-refractivity contribution in [2.45, 2.75) is 23.8 Å². The van der Waals surface area contributed by atoms with Crippen LogP contribution in [0.4, 0.5) is 0 Å². The first-order valence-corrected chi connectivity index (χ1v) is 6.81. The molecule has 0 N–H and O–H groups in total. The predicted octanol–water partition coefficient (Wildman–Crippen LogP) is 1.38. The maximum atomic E-state index is 11.5. The third kappa shape index (κ3) is 2.33. The van der Waals surface area contributed by atoms with E-state index in [0.717, 1.165) is 11.3 Å². The van der Waals surface area contributed by atoms with Gasteiger partial charge in [-0.25, -0.2) is 0 Å². The largest absolute Gasteiger partial charge is 0.465 e. The van der Waals surface area contributed by atoms with E-state index in [1.807, 2.05) is 31.2 Å². The molecule has 2 aromatic rings. The second-order valence-corrected chi connectivity index (χ2v) is 5.39. The van der Waals surface area contributed by atoms with Crippen LogP contribution in [0.3, 0.4) is 0 Å². The number of aryl methyl sites for hydroxylation is 1. The highest BCUT2D eigenvalue weighted by Gasteiger charge is 2.29. The first kappa shape index (κ1) is 12.2. The fraction of sp³-hybridized carbons (Fsp3) is 0.333. The number of esters is 1. The van der Waals surface area contributed by atoms with Gasteiger partial charge in [0.2, 0.25) is 5.16 Å². The van der Waals surface area contributed by atoms with Crippen molar-refractivity contribution in [1.82, 2.24) is 20.2 Å². The van der Waals surface area contributed by atoms with Crippen molar-refractivity contribution >= 4 is 17.7 Å². The van der Waals surface area contributed by atoms with Crippen LogP contribution in [0.1, 0.15) is 12.0 Å². The Hall–Kier alpha value is -1.89. The van der Waals surface area contributed by atoms with Gasteiger partial charge >= 0.3 is 5.97 Å². The predicted molar refractivity (Wildman–Crippen MR) is 69.1 cm³/mol. The number of rotatable bonds is 3. The summed E-state index contributed by atoms with van der Waals surface area (Å²) in [6, 6.07) is 7.84. The van der Waals surface area contributed by atoms with Gasteiger partial charge in [0, 0.05) is 6.42 Å². The van der Waals surface area contributed by atoms with Crippen LogP contribution in [-0.4, -0.2) is 38.0 Å². The molecule has 1 fully saturated rings. The lowest BCUT2D eigenvalue weighted by atomic mass is 10.2. The van der Waals surface area contributed by atoms with Crippen LogP contribution >= 0.6 is 11.8 Å². The van der Waals surface area contributed by atoms with Crippen molar-refractivity contribution in [2.75, 3.05) is 6.61 Å². The summed E-state index contributed by atoms with van der Waals surface area (Å²) < 4.78 is 6.60. The van der Waals surface area contributed by atoms with Crippen LogP contribution in [-0.2, 0) is 9.53 Å². The molecule has 1 aromatic carbocycles. The fourth-order valence-corrected chi connectivity index (χ4v) is 2.87. The summed E-state index contributed by atoms with van der Waals surface area (Å²) >= 11 is 1.35. The molecule has 98 valence electrons. The zero-order valence-electron chi connectivity index (χ0n) is 10.3. The van der Waals surface area contributed by atoms with Crippen LogP contribution in [0.2, 0.25) is 0 Å². The summed E-state index contributed by atoms with van der Waals surface area (Å²) in [4.78, 5) is 11.5. The summed E-state index contributed by atoms with van der Waals surface area (Å²) in [5.41, 5.74) is 1.99. The molecular formula is C12H12N4O2S. The number of tetrazole rings is 1. The van der Waals surface area contributed by atoms with Crippen molar-refractivity contribution < 1.29 is 9.53 Å². The number of hydrogen-bond donors (Lipinski definition) is 0. The van der Waals surface area contributed by atoms with Crippen molar-refractivity contribution in [3.8, 4) is 5.69 Å². The highest BCUT2D eigenvalue weighted by Crippen LogP contribution is 2.29. The normalized spacial score (nSPS) is 18.6. The Morgan fingerprint density at radius 2 is 2.26 bits per heavy atom. The van der Waals surface area contributed by atoms with E-state index in [4.69, 9.17) is 4.74 Å². The minimum Gasteiger partial charge on any atom is -0.465 e. The number of thioether (sulfide) groups is 1. The molecule has 3 rings (SSSR count). The average Bonchev–Trinajstić information content (AvgIpc) is 3.01. The SMILES string of the molecule is Cc1ccccc1-n1nnnc1S[C@@H]1CCOC1=O. The molecule has 0 spiro atoms. The molecule has 0 aliphatic carbocycles. The molecule has 1 saturated heterocycles. The van der Waals surface area contributed by atoms with Gasteiger partial charge in [0.25, 0.3) is 0 Å². The van der Waals surface area contributed by atoms with Crippen LogP contribution in [0, 0.1) is 6.92 Å². The Balaban J connectivity index is 1.90. The minimum atomic E-state index is -0.214. The minimum absolute atomic E-state index is 0.190. The summed E-state index contributed by atoms with van der Waals surface area (Å²) in [5.74, 6) is -0.190. The van der Waals surface area contributed by atoms with E-state index < -0.39 is 0 Å². The number of cyclic esters (lactones) is 1. The molecule has 2 heterocycles. The highest BCUT2D eigenvalue weighted by molar-refractivity contribution is 8.00. The van der Waals surface area contributed by atoms with Crippen LogP contribution in [0.15, 0.2) is 29.4 Å². The number of nitrogens with zero attached hydrogens (tertiary/aromatic N) is 4. The van der Waals surface area contributed by atoms with Crippen LogP contribution in [0.25, 0.3) is 5.69 Å². The molecule has 1 aliphatic rings. The number of aromatic nitrogens is 4. The van der Waals surface area contributed by atoms with Crippen LogP contribution in [0.5, 0.6) is 0 Å². The monoisotopic (exact) mass is 276 g/mol. The van der Waals surface area contributed by atoms with Gasteiger partial charge in [-0.15, -0.1) is 5.10 Å². The third-order valence-electron chi connectivity index (χ3n) is 2.92. The number of carbonyl (C=O) groups excluding carboxylic acids is 1. The van der Waals surface area contributed by atoms with E-state index in [1.165, 1.54) is 11.8 Å². The summed E-state index contributed by atoms with van der Waals surface area (Å²) in [5, 5.41) is 12.1. The molecule has 0 saturated carbocycles. The van der Waals surface area contributed by atoms with Gasteiger partial charge in [-0.2, -0.15) is 4.68 Å². The second-order valence-electron chi connectivity index (χ2n) is 4.22. The number of ether oxygens (including phenoxy) is 1. The second kappa shape index (κ2) is 5.00. The molecule has 19 heavy (non-hydrogen) atoms. The fourth-order valence-electron chi connectivity index (χ4n) is 1.92. The lowest BCUT2D eigenvalue weighted by molar-refractivity contribution is -0.137. The highest BCUT2D eigenvalue weighted by atomic mass is 32.2. The van der Waals surface area contributed by atoms with Crippen molar-refractivity contribution in [3.63, 3.8) is 0 Å². The lowest BCUT2D eigenvalue weighted by Crippen LogP contribution is -2.11. The molecule has 7 heteroatoms. The third-order valence-corrected chi connectivity index (χ3v) is 4.10. The number of hydrogen-bond acceptors (Lipinski definition) is 6. The Labute approximate surface area is 114 Å². The summed E-state index contributed by atoms with van der Waals surface area (Å²) in [6.07, 6.45) is 0.699. The Bertz CT molecular complexity index is 613. The van der Waals surface area contributed by atoms with E-state index in [0.29, 0.717) is 18.2 Å². The van der Waals surface area contributed by atoms with E-state index in [1.54, 1.807) is 4.68 Å². The van der Waals surface area contributed by atoms with Gasteiger partial charge < -0.3 is 4.74 Å². The quantitative estimate of drug-likeness (QED) is 0.789. The van der Waals surface area contributed by atoms with Gasteiger partial charge in [-0.1, -0.05) is 30.0 Å². The average molecular weight is 276 g/mol. The molecule has 1 aromatic heterocycles. The Morgan fingerprint density at radius 3 is 3.00 bits per heavy atom. The van der Waals surface area contributed by atoms with Gasteiger partial charge in [-0.05, 0) is 29.0 Å². The van der Waals surface area contributed by atoms with E-state index >= 15 is 0 Å². The van der Waals surface area contributed by atoms with E-state index in [9.17, 15) is 4.79 Å². The molecular weight excluding hydrogens is 264 g/mol. The van der Waals surface area contributed by atoms with Crippen molar-refractivity contribution in [3.05, 3.63) is 29.8 Å². The topological polar surface area (TPSA) is 69.9 Å². The molecule has 0 amide bonds.